The minimum Gasteiger partial charge on any atom is -0.507 e. The van der Waals surface area contributed by atoms with Crippen LogP contribution in [0.15, 0.2) is 60.9 Å². The molecule has 1 N–H and O–H groups in total. The predicted octanol–water partition coefficient (Wildman–Crippen LogP) is 5.98. The molecule has 0 spiro atoms. The molecule has 0 saturated heterocycles. The van der Waals surface area contributed by atoms with Crippen molar-refractivity contribution in [2.24, 2.45) is 0 Å². The first-order chi connectivity index (χ1) is 15.1. The standard InChI is InChI=1S/C25H27FN2O3/c1-2-3-4-5-8-21(26)17-31-25(30)19-13-11-18(12-14-19)24-27-15-20(16-28-24)22-9-6-7-10-23(22)29/h6-7,9-16,21,29H,2-5,8,17H2,1H3. The molecule has 1 aromatic heterocycles. The number of ether oxygens (including phenoxy) is 1. The van der Waals surface area contributed by atoms with Gasteiger partial charge in [-0.05, 0) is 24.6 Å². The lowest BCUT2D eigenvalue weighted by Crippen LogP contribution is -2.15. The number of aromatic nitrogens is 2. The van der Waals surface area contributed by atoms with E-state index < -0.39 is 12.1 Å². The first kappa shape index (κ1) is 22.4. The Morgan fingerprint density at radius 2 is 1.71 bits per heavy atom. The lowest BCUT2D eigenvalue weighted by molar-refractivity contribution is 0.0389. The molecule has 1 heterocycles. The summed E-state index contributed by atoms with van der Waals surface area (Å²) in [7, 11) is 0. The molecule has 6 heteroatoms. The number of carbonyl (C=O) groups is 1. The van der Waals surface area contributed by atoms with Gasteiger partial charge in [-0.3, -0.25) is 0 Å². The zero-order valence-corrected chi connectivity index (χ0v) is 17.6. The molecule has 0 aliphatic heterocycles. The van der Waals surface area contributed by atoms with Gasteiger partial charge in [-0.1, -0.05) is 62.9 Å². The van der Waals surface area contributed by atoms with Gasteiger partial charge >= 0.3 is 5.97 Å². The smallest absolute Gasteiger partial charge is 0.338 e. The van der Waals surface area contributed by atoms with Crippen LogP contribution in [0.25, 0.3) is 22.5 Å². The highest BCUT2D eigenvalue weighted by molar-refractivity contribution is 5.90. The van der Waals surface area contributed by atoms with Crippen LogP contribution in [0.1, 0.15) is 49.4 Å². The number of aromatic hydroxyl groups is 1. The number of esters is 1. The van der Waals surface area contributed by atoms with Crippen LogP contribution in [-0.4, -0.2) is 33.8 Å². The Balaban J connectivity index is 1.56. The van der Waals surface area contributed by atoms with Crippen molar-refractivity contribution in [1.82, 2.24) is 9.97 Å². The summed E-state index contributed by atoms with van der Waals surface area (Å²) in [6.45, 7) is 1.89. The first-order valence-corrected chi connectivity index (χ1v) is 10.6. The maximum atomic E-state index is 13.9. The summed E-state index contributed by atoms with van der Waals surface area (Å²) in [5.74, 6) is 0.117. The molecule has 0 fully saturated rings. The molecule has 0 radical (unpaired) electrons. The quantitative estimate of drug-likeness (QED) is 0.321. The van der Waals surface area contributed by atoms with Gasteiger partial charge in [-0.15, -0.1) is 0 Å². The summed E-state index contributed by atoms with van der Waals surface area (Å²) >= 11 is 0. The van der Waals surface area contributed by atoms with Crippen LogP contribution >= 0.6 is 0 Å². The van der Waals surface area contributed by atoms with Crippen LogP contribution in [0.3, 0.4) is 0 Å². The SMILES string of the molecule is CCCCCCC(F)COC(=O)c1ccc(-c2ncc(-c3ccccc3O)cn2)cc1. The van der Waals surface area contributed by atoms with Crippen LogP contribution in [0, 0.1) is 0 Å². The molecule has 162 valence electrons. The van der Waals surface area contributed by atoms with Crippen LogP contribution in [-0.2, 0) is 4.74 Å². The van der Waals surface area contributed by atoms with Crippen molar-refractivity contribution < 1.29 is 19.0 Å². The Hall–Kier alpha value is -3.28. The first-order valence-electron chi connectivity index (χ1n) is 10.6. The molecule has 3 aromatic rings. The number of benzene rings is 2. The molecular weight excluding hydrogens is 395 g/mol. The maximum Gasteiger partial charge on any atom is 0.338 e. The van der Waals surface area contributed by atoms with Crippen LogP contribution < -0.4 is 0 Å². The number of hydrogen-bond donors (Lipinski definition) is 1. The van der Waals surface area contributed by atoms with Crippen molar-refractivity contribution in [3.05, 3.63) is 66.5 Å². The van der Waals surface area contributed by atoms with E-state index in [-0.39, 0.29) is 12.4 Å². The summed E-state index contributed by atoms with van der Waals surface area (Å²) < 4.78 is 19.0. The Morgan fingerprint density at radius 3 is 2.39 bits per heavy atom. The highest BCUT2D eigenvalue weighted by Crippen LogP contribution is 2.28. The second kappa shape index (κ2) is 11.2. The minimum absolute atomic E-state index is 0.165. The molecule has 0 aliphatic carbocycles. The van der Waals surface area contributed by atoms with Crippen LogP contribution in [0.4, 0.5) is 4.39 Å². The van der Waals surface area contributed by atoms with Gasteiger partial charge in [0, 0.05) is 29.1 Å². The number of rotatable bonds is 10. The van der Waals surface area contributed by atoms with Gasteiger partial charge in [-0.2, -0.15) is 0 Å². The van der Waals surface area contributed by atoms with Crippen molar-refractivity contribution in [3.63, 3.8) is 0 Å². The van der Waals surface area contributed by atoms with E-state index in [1.807, 2.05) is 6.07 Å². The minimum atomic E-state index is -1.13. The number of para-hydroxylation sites is 1. The zero-order valence-electron chi connectivity index (χ0n) is 17.6. The molecule has 0 bridgehead atoms. The molecular formula is C25H27FN2O3. The molecule has 0 aliphatic rings. The molecule has 5 nitrogen and oxygen atoms in total. The van der Waals surface area contributed by atoms with Crippen molar-refractivity contribution in [1.29, 1.82) is 0 Å². The molecule has 1 unspecified atom stereocenters. The molecule has 0 saturated carbocycles. The number of carbonyl (C=O) groups excluding carboxylic acids is 1. The average Bonchev–Trinajstić information content (AvgIpc) is 2.81. The number of unbranched alkanes of at least 4 members (excludes halogenated alkanes) is 3. The van der Waals surface area contributed by atoms with Crippen molar-refractivity contribution in [2.75, 3.05) is 6.61 Å². The number of halogens is 1. The van der Waals surface area contributed by atoms with Gasteiger partial charge in [0.25, 0.3) is 0 Å². The van der Waals surface area contributed by atoms with E-state index in [2.05, 4.69) is 16.9 Å². The highest BCUT2D eigenvalue weighted by Gasteiger charge is 2.13. The number of alkyl halides is 1. The lowest BCUT2D eigenvalue weighted by Gasteiger charge is -2.10. The number of phenols is 1. The van der Waals surface area contributed by atoms with Gasteiger partial charge in [-0.25, -0.2) is 19.2 Å². The van der Waals surface area contributed by atoms with Crippen molar-refractivity contribution in [3.8, 4) is 28.3 Å². The third-order valence-corrected chi connectivity index (χ3v) is 5.01. The fraction of sp³-hybridized carbons (Fsp3) is 0.320. The summed E-state index contributed by atoms with van der Waals surface area (Å²) in [4.78, 5) is 20.9. The van der Waals surface area contributed by atoms with E-state index in [1.165, 1.54) is 0 Å². The fourth-order valence-corrected chi connectivity index (χ4v) is 3.21. The topological polar surface area (TPSA) is 72.3 Å². The number of hydrogen-bond acceptors (Lipinski definition) is 5. The van der Waals surface area contributed by atoms with Gasteiger partial charge in [0.15, 0.2) is 5.82 Å². The van der Waals surface area contributed by atoms with E-state index in [0.717, 1.165) is 31.2 Å². The summed E-state index contributed by atoms with van der Waals surface area (Å²) in [6.07, 6.45) is 6.58. The second-order valence-electron chi connectivity index (χ2n) is 7.43. The average molecular weight is 423 g/mol. The zero-order chi connectivity index (χ0) is 22.1. The second-order valence-corrected chi connectivity index (χ2v) is 7.43. The van der Waals surface area contributed by atoms with Crippen molar-refractivity contribution in [2.45, 2.75) is 45.2 Å². The third kappa shape index (κ3) is 6.35. The third-order valence-electron chi connectivity index (χ3n) is 5.01. The Labute approximate surface area is 182 Å². The molecule has 0 amide bonds. The molecule has 2 aromatic carbocycles. The monoisotopic (exact) mass is 422 g/mol. The highest BCUT2D eigenvalue weighted by atomic mass is 19.1. The van der Waals surface area contributed by atoms with E-state index >= 15 is 0 Å². The Morgan fingerprint density at radius 1 is 1.00 bits per heavy atom. The van der Waals surface area contributed by atoms with Gasteiger partial charge in [0.05, 0.1) is 5.56 Å². The summed E-state index contributed by atoms with van der Waals surface area (Å²) in [5, 5.41) is 9.95. The molecule has 3 rings (SSSR count). The van der Waals surface area contributed by atoms with Crippen molar-refractivity contribution >= 4 is 5.97 Å². The van der Waals surface area contributed by atoms with Crippen LogP contribution in [0.5, 0.6) is 5.75 Å². The Bertz CT molecular complexity index is 975. The Kier molecular flexibility index (Phi) is 8.10. The van der Waals surface area contributed by atoms with Gasteiger partial charge in [0.1, 0.15) is 18.5 Å². The maximum absolute atomic E-state index is 13.9. The predicted molar refractivity (Wildman–Crippen MR) is 119 cm³/mol. The molecule has 31 heavy (non-hydrogen) atoms. The normalized spacial score (nSPS) is 11.8. The van der Waals surface area contributed by atoms with E-state index in [0.29, 0.717) is 28.9 Å². The number of phenolic OH excluding ortho intramolecular Hbond substituents is 1. The van der Waals surface area contributed by atoms with Crippen LogP contribution in [0.2, 0.25) is 0 Å². The van der Waals surface area contributed by atoms with E-state index in [9.17, 15) is 14.3 Å². The van der Waals surface area contributed by atoms with E-state index in [1.54, 1.807) is 54.9 Å². The summed E-state index contributed by atoms with van der Waals surface area (Å²) in [5.41, 5.74) is 2.45. The van der Waals surface area contributed by atoms with Gasteiger partial charge in [0.2, 0.25) is 0 Å². The largest absolute Gasteiger partial charge is 0.507 e. The van der Waals surface area contributed by atoms with Gasteiger partial charge < -0.3 is 9.84 Å². The summed E-state index contributed by atoms with van der Waals surface area (Å²) in [6, 6.07) is 13.7. The fourth-order valence-electron chi connectivity index (χ4n) is 3.21. The lowest BCUT2D eigenvalue weighted by atomic mass is 10.1. The van der Waals surface area contributed by atoms with E-state index in [4.69, 9.17) is 4.74 Å². The number of nitrogens with zero attached hydrogens (tertiary/aromatic N) is 2. The molecule has 1 atom stereocenters.